The fourth-order valence-electron chi connectivity index (χ4n) is 5.19. The molecule has 0 aromatic heterocycles. The third-order valence-electron chi connectivity index (χ3n) is 6.34. The number of rotatable bonds is 3. The van der Waals surface area contributed by atoms with Gasteiger partial charge in [0.2, 0.25) is 0 Å². The largest absolute Gasteiger partial charge is 0.461 e. The summed E-state index contributed by atoms with van der Waals surface area (Å²) in [4.78, 5) is 37.1. The smallest absolute Gasteiger partial charge is 0.310 e. The molecule has 0 aromatic rings. The number of Topliss-reactive ketones (excluding diaryl/α,β-unsaturated/α-hetero) is 1. The Morgan fingerprint density at radius 1 is 1.32 bits per heavy atom. The Labute approximate surface area is 131 Å². The van der Waals surface area contributed by atoms with E-state index in [1.54, 1.807) is 0 Å². The van der Waals surface area contributed by atoms with Crippen LogP contribution in [0, 0.1) is 40.9 Å². The first-order valence-electron chi connectivity index (χ1n) is 8.19. The van der Waals surface area contributed by atoms with Gasteiger partial charge in [-0.3, -0.25) is 9.59 Å². The third-order valence-corrected chi connectivity index (χ3v) is 6.34. The van der Waals surface area contributed by atoms with Crippen LogP contribution in [0.15, 0.2) is 12.2 Å². The first-order chi connectivity index (χ1) is 10.4. The highest BCUT2D eigenvalue weighted by atomic mass is 16.6. The van der Waals surface area contributed by atoms with Crippen LogP contribution < -0.4 is 0 Å². The molecule has 1 aliphatic heterocycles. The second kappa shape index (κ2) is 5.04. The van der Waals surface area contributed by atoms with Crippen LogP contribution >= 0.6 is 0 Å². The average molecular weight is 304 g/mol. The zero-order valence-corrected chi connectivity index (χ0v) is 13.6. The van der Waals surface area contributed by atoms with Crippen molar-refractivity contribution in [3.8, 4) is 0 Å². The molecule has 0 aromatic carbocycles. The summed E-state index contributed by atoms with van der Waals surface area (Å²) in [5, 5.41) is 0. The monoisotopic (exact) mass is 304 g/mol. The molecule has 3 aliphatic rings. The molecule has 1 saturated heterocycles. The van der Waals surface area contributed by atoms with Gasteiger partial charge in [-0.25, -0.2) is 0 Å². The summed E-state index contributed by atoms with van der Waals surface area (Å²) < 4.78 is 5.67. The van der Waals surface area contributed by atoms with Crippen LogP contribution in [-0.2, 0) is 19.1 Å². The molecule has 3 rings (SSSR count). The van der Waals surface area contributed by atoms with Gasteiger partial charge in [-0.05, 0) is 18.8 Å². The molecule has 0 amide bonds. The number of ketones is 1. The lowest BCUT2D eigenvalue weighted by Gasteiger charge is -2.45. The molecule has 22 heavy (non-hydrogen) atoms. The second-order valence-electron chi connectivity index (χ2n) is 7.54. The standard InChI is InChI=1S/C18H24O4/c1-5-6-12-11(8-19)14-15-16(22-17(14)21)10(9(2)3)7-13(20)18(12,15)4/h5-6,8-12,14-16H,7H2,1-4H3/b6-5+/t10-,11-,12-,14-,15+,16+,18-/m0/s1. The predicted molar refractivity (Wildman–Crippen MR) is 80.8 cm³/mol. The number of hydrogen-bond acceptors (Lipinski definition) is 4. The van der Waals surface area contributed by atoms with E-state index in [4.69, 9.17) is 4.74 Å². The number of carbonyl (C=O) groups excluding carboxylic acids is 3. The Bertz CT molecular complexity index is 549. The maximum absolute atomic E-state index is 13.0. The highest BCUT2D eigenvalue weighted by Crippen LogP contribution is 2.64. The van der Waals surface area contributed by atoms with Crippen molar-refractivity contribution in [3.05, 3.63) is 12.2 Å². The first kappa shape index (κ1) is 15.4. The number of esters is 1. The number of carbonyl (C=O) groups is 3. The summed E-state index contributed by atoms with van der Waals surface area (Å²) in [6.45, 7) is 7.96. The number of aldehydes is 1. The molecule has 3 fully saturated rings. The first-order valence-corrected chi connectivity index (χ1v) is 8.19. The van der Waals surface area contributed by atoms with Gasteiger partial charge < -0.3 is 9.53 Å². The highest BCUT2D eigenvalue weighted by molar-refractivity contribution is 5.92. The lowest BCUT2D eigenvalue weighted by atomic mass is 9.58. The number of ether oxygens (including phenoxy) is 1. The second-order valence-corrected chi connectivity index (χ2v) is 7.54. The van der Waals surface area contributed by atoms with Gasteiger partial charge >= 0.3 is 5.97 Å². The summed E-state index contributed by atoms with van der Waals surface area (Å²) in [6.07, 6.45) is 4.90. The molecule has 7 atom stereocenters. The molecule has 0 N–H and O–H groups in total. The Morgan fingerprint density at radius 3 is 2.55 bits per heavy atom. The Morgan fingerprint density at radius 2 is 2.00 bits per heavy atom. The van der Waals surface area contributed by atoms with Crippen LogP contribution in [0.1, 0.15) is 34.1 Å². The van der Waals surface area contributed by atoms with E-state index in [2.05, 4.69) is 13.8 Å². The van der Waals surface area contributed by atoms with E-state index in [0.717, 1.165) is 6.29 Å². The van der Waals surface area contributed by atoms with Gasteiger partial charge in [0.05, 0.1) is 5.92 Å². The minimum atomic E-state index is -0.662. The van der Waals surface area contributed by atoms with E-state index in [0.29, 0.717) is 6.42 Å². The van der Waals surface area contributed by atoms with Crippen LogP contribution in [0.3, 0.4) is 0 Å². The summed E-state index contributed by atoms with van der Waals surface area (Å²) >= 11 is 0. The minimum absolute atomic E-state index is 0.0659. The van der Waals surface area contributed by atoms with Crippen molar-refractivity contribution in [3.63, 3.8) is 0 Å². The summed E-state index contributed by atoms with van der Waals surface area (Å²) in [5.74, 6) is -1.02. The molecule has 120 valence electrons. The molecule has 0 radical (unpaired) electrons. The molecule has 2 saturated carbocycles. The van der Waals surface area contributed by atoms with E-state index in [-0.39, 0.29) is 41.5 Å². The number of allylic oxidation sites excluding steroid dienone is 2. The van der Waals surface area contributed by atoms with Crippen molar-refractivity contribution >= 4 is 18.0 Å². The van der Waals surface area contributed by atoms with E-state index >= 15 is 0 Å². The zero-order valence-electron chi connectivity index (χ0n) is 13.6. The van der Waals surface area contributed by atoms with Crippen LogP contribution in [-0.4, -0.2) is 24.1 Å². The van der Waals surface area contributed by atoms with Gasteiger partial charge in [0.25, 0.3) is 0 Å². The van der Waals surface area contributed by atoms with Crippen molar-refractivity contribution in [1.29, 1.82) is 0 Å². The highest BCUT2D eigenvalue weighted by Gasteiger charge is 2.71. The van der Waals surface area contributed by atoms with E-state index in [1.807, 2.05) is 26.0 Å². The van der Waals surface area contributed by atoms with Crippen molar-refractivity contribution in [2.24, 2.45) is 40.9 Å². The summed E-state index contributed by atoms with van der Waals surface area (Å²) in [5.41, 5.74) is -0.662. The molecule has 1 heterocycles. The van der Waals surface area contributed by atoms with Crippen molar-refractivity contribution in [1.82, 2.24) is 0 Å². The van der Waals surface area contributed by atoms with Crippen LogP contribution in [0.25, 0.3) is 0 Å². The van der Waals surface area contributed by atoms with Gasteiger partial charge in [0, 0.05) is 29.6 Å². The third kappa shape index (κ3) is 1.73. The normalized spacial score (nSPS) is 47.1. The van der Waals surface area contributed by atoms with E-state index in [1.165, 1.54) is 0 Å². The maximum atomic E-state index is 13.0. The molecular formula is C18H24O4. The van der Waals surface area contributed by atoms with Gasteiger partial charge in [0.15, 0.2) is 0 Å². The van der Waals surface area contributed by atoms with Gasteiger partial charge in [-0.15, -0.1) is 0 Å². The molecule has 2 aliphatic carbocycles. The molecule has 0 bridgehead atoms. The average Bonchev–Trinajstić information content (AvgIpc) is 2.93. The number of hydrogen-bond donors (Lipinski definition) is 0. The zero-order chi connectivity index (χ0) is 16.2. The topological polar surface area (TPSA) is 60.4 Å². The molecule has 4 heteroatoms. The molecule has 0 spiro atoms. The van der Waals surface area contributed by atoms with E-state index < -0.39 is 17.3 Å². The Balaban J connectivity index is 2.14. The van der Waals surface area contributed by atoms with Crippen LogP contribution in [0.4, 0.5) is 0 Å². The lowest BCUT2D eigenvalue weighted by Crippen LogP contribution is -2.51. The fraction of sp³-hybridized carbons (Fsp3) is 0.722. The van der Waals surface area contributed by atoms with Crippen molar-refractivity contribution < 1.29 is 19.1 Å². The molecular weight excluding hydrogens is 280 g/mol. The van der Waals surface area contributed by atoms with Crippen LogP contribution in [0.5, 0.6) is 0 Å². The lowest BCUT2D eigenvalue weighted by molar-refractivity contribution is -0.157. The maximum Gasteiger partial charge on any atom is 0.310 e. The SMILES string of the molecule is C/C=C/[C@H]1[C@H](C=O)[C@@H]2C(=O)O[C@H]3[C@@H]2[C@]1(C)C(=O)C[C@H]3C(C)C. The van der Waals surface area contributed by atoms with Gasteiger partial charge in [0.1, 0.15) is 18.2 Å². The van der Waals surface area contributed by atoms with Gasteiger partial charge in [-0.2, -0.15) is 0 Å². The van der Waals surface area contributed by atoms with Gasteiger partial charge in [-0.1, -0.05) is 32.9 Å². The minimum Gasteiger partial charge on any atom is -0.461 e. The molecule has 4 nitrogen and oxygen atoms in total. The fourth-order valence-corrected chi connectivity index (χ4v) is 5.19. The Hall–Kier alpha value is -1.45. The summed E-state index contributed by atoms with van der Waals surface area (Å²) in [6, 6.07) is 0. The quantitative estimate of drug-likeness (QED) is 0.456. The molecule has 0 unspecified atom stereocenters. The van der Waals surface area contributed by atoms with Crippen LogP contribution in [0.2, 0.25) is 0 Å². The Kier molecular flexibility index (Phi) is 3.54. The van der Waals surface area contributed by atoms with E-state index in [9.17, 15) is 14.4 Å². The predicted octanol–water partition coefficient (Wildman–Crippen LogP) is 2.42. The van der Waals surface area contributed by atoms with Crippen molar-refractivity contribution in [2.45, 2.75) is 40.2 Å². The van der Waals surface area contributed by atoms with Crippen molar-refractivity contribution in [2.75, 3.05) is 0 Å². The summed E-state index contributed by atoms with van der Waals surface area (Å²) in [7, 11) is 0.